The van der Waals surface area contributed by atoms with Crippen LogP contribution < -0.4 is 15.4 Å². The molecular formula is C35H41N5O3S. The molecule has 9 heteroatoms. The number of nitrogens with one attached hydrogen (secondary N) is 2. The maximum absolute atomic E-state index is 13.8. The van der Waals surface area contributed by atoms with Gasteiger partial charge in [-0.25, -0.2) is 8.42 Å². The van der Waals surface area contributed by atoms with Crippen LogP contribution in [0.4, 0.5) is 11.4 Å². The van der Waals surface area contributed by atoms with Gasteiger partial charge in [-0.05, 0) is 101 Å². The van der Waals surface area contributed by atoms with E-state index >= 15 is 0 Å². The molecule has 8 nitrogen and oxygen atoms in total. The van der Waals surface area contributed by atoms with Gasteiger partial charge >= 0.3 is 0 Å². The van der Waals surface area contributed by atoms with Gasteiger partial charge in [0.25, 0.3) is 0 Å². The molecule has 0 aliphatic carbocycles. The molecule has 0 radical (unpaired) electrons. The van der Waals surface area contributed by atoms with E-state index in [0.717, 1.165) is 44.6 Å². The Bertz CT molecular complexity index is 1780. The fraction of sp³-hybridized carbons (Fsp3) is 0.314. The van der Waals surface area contributed by atoms with Crippen LogP contribution in [0.3, 0.4) is 0 Å². The van der Waals surface area contributed by atoms with Crippen molar-refractivity contribution in [2.45, 2.75) is 45.4 Å². The molecule has 44 heavy (non-hydrogen) atoms. The van der Waals surface area contributed by atoms with Crippen molar-refractivity contribution in [1.29, 1.82) is 0 Å². The van der Waals surface area contributed by atoms with Crippen molar-refractivity contribution in [3.63, 3.8) is 0 Å². The number of pyridine rings is 2. The number of anilines is 2. The monoisotopic (exact) mass is 611 g/mol. The van der Waals surface area contributed by atoms with Crippen molar-refractivity contribution in [2.24, 2.45) is 0 Å². The highest BCUT2D eigenvalue weighted by atomic mass is 32.2. The molecule has 0 amide bonds. The highest BCUT2D eigenvalue weighted by Crippen LogP contribution is 2.26. The number of aryl methyl sites for hydroxylation is 4. The SMILES string of the molecule is COc1ccc(S(=O)(=O)N(CCCNc2cc(C)nc3ccc(C)cc23)CCCNc2cc(C)nc3ccc(C)cc23)cc1. The summed E-state index contributed by atoms with van der Waals surface area (Å²) < 4.78 is 34.4. The maximum Gasteiger partial charge on any atom is 0.243 e. The van der Waals surface area contributed by atoms with Crippen molar-refractivity contribution < 1.29 is 13.2 Å². The van der Waals surface area contributed by atoms with Gasteiger partial charge in [0, 0.05) is 59.7 Å². The largest absolute Gasteiger partial charge is 0.497 e. The molecule has 5 rings (SSSR count). The first-order chi connectivity index (χ1) is 21.1. The van der Waals surface area contributed by atoms with Crippen LogP contribution in [0.25, 0.3) is 21.8 Å². The minimum atomic E-state index is -3.71. The van der Waals surface area contributed by atoms with E-state index in [1.807, 2.05) is 38.1 Å². The molecule has 0 atom stereocenters. The fourth-order valence-electron chi connectivity index (χ4n) is 5.44. The van der Waals surface area contributed by atoms with Crippen LogP contribution in [0, 0.1) is 27.7 Å². The first kappa shape index (κ1) is 31.2. The zero-order valence-corrected chi connectivity index (χ0v) is 27.0. The van der Waals surface area contributed by atoms with Gasteiger partial charge in [-0.1, -0.05) is 23.3 Å². The molecule has 0 fully saturated rings. The van der Waals surface area contributed by atoms with Crippen molar-refractivity contribution >= 4 is 43.2 Å². The lowest BCUT2D eigenvalue weighted by atomic mass is 10.1. The van der Waals surface area contributed by atoms with E-state index in [1.54, 1.807) is 35.7 Å². The third-order valence-electron chi connectivity index (χ3n) is 7.68. The second-order valence-electron chi connectivity index (χ2n) is 11.3. The summed E-state index contributed by atoms with van der Waals surface area (Å²) in [5.41, 5.74) is 8.13. The number of ether oxygens (including phenoxy) is 1. The molecule has 0 bridgehead atoms. The van der Waals surface area contributed by atoms with Crippen LogP contribution >= 0.6 is 0 Å². The average molecular weight is 612 g/mol. The number of hydrogen-bond acceptors (Lipinski definition) is 7. The van der Waals surface area contributed by atoms with Crippen LogP contribution in [0.1, 0.15) is 35.4 Å². The number of benzene rings is 3. The highest BCUT2D eigenvalue weighted by molar-refractivity contribution is 7.89. The van der Waals surface area contributed by atoms with Crippen LogP contribution in [0.2, 0.25) is 0 Å². The summed E-state index contributed by atoms with van der Waals surface area (Å²) in [6.45, 7) is 10.1. The molecule has 2 aromatic heterocycles. The molecule has 3 aromatic carbocycles. The Morgan fingerprint density at radius 1 is 0.682 bits per heavy atom. The van der Waals surface area contributed by atoms with Crippen LogP contribution in [-0.4, -0.2) is 56.0 Å². The summed E-state index contributed by atoms with van der Waals surface area (Å²) in [6, 6.07) is 23.2. The molecule has 0 saturated carbocycles. The number of rotatable bonds is 13. The minimum Gasteiger partial charge on any atom is -0.497 e. The third-order valence-corrected chi connectivity index (χ3v) is 9.59. The smallest absolute Gasteiger partial charge is 0.243 e. The van der Waals surface area contributed by atoms with Gasteiger partial charge in [-0.3, -0.25) is 9.97 Å². The number of aromatic nitrogens is 2. The van der Waals surface area contributed by atoms with Crippen molar-refractivity contribution in [1.82, 2.24) is 14.3 Å². The molecule has 2 N–H and O–H groups in total. The number of sulfonamides is 1. The molecular weight excluding hydrogens is 570 g/mol. The van der Waals surface area contributed by atoms with Crippen molar-refractivity contribution in [3.8, 4) is 5.75 Å². The Balaban J connectivity index is 1.28. The van der Waals surface area contributed by atoms with Gasteiger partial charge in [0.15, 0.2) is 0 Å². The first-order valence-electron chi connectivity index (χ1n) is 15.0. The summed E-state index contributed by atoms with van der Waals surface area (Å²) >= 11 is 0. The Hall–Kier alpha value is -4.21. The Morgan fingerprint density at radius 3 is 1.61 bits per heavy atom. The predicted molar refractivity (Wildman–Crippen MR) is 180 cm³/mol. The van der Waals surface area contributed by atoms with Gasteiger partial charge in [0.2, 0.25) is 10.0 Å². The van der Waals surface area contributed by atoms with E-state index in [2.05, 4.69) is 58.7 Å². The van der Waals surface area contributed by atoms with Crippen LogP contribution in [0.5, 0.6) is 5.75 Å². The molecule has 0 aliphatic heterocycles. The normalized spacial score (nSPS) is 11.8. The molecule has 0 aliphatic rings. The maximum atomic E-state index is 13.8. The number of hydrogen-bond donors (Lipinski definition) is 2. The topological polar surface area (TPSA) is 96.5 Å². The molecule has 5 aromatic rings. The van der Waals surface area contributed by atoms with E-state index < -0.39 is 10.0 Å². The standard InChI is InChI=1S/C35H41N5O3S/c1-24-8-14-32-30(20-24)34(22-26(3)38-32)36-16-6-18-40(44(41,42)29-12-10-28(43-5)11-13-29)19-7-17-37-35-23-27(4)39-33-15-9-25(2)21-31(33)35/h8-15,20-23H,6-7,16-19H2,1-5H3,(H,36,38)(H,37,39). The predicted octanol–water partition coefficient (Wildman–Crippen LogP) is 7.02. The Morgan fingerprint density at radius 2 is 1.16 bits per heavy atom. The summed E-state index contributed by atoms with van der Waals surface area (Å²) in [6.07, 6.45) is 1.29. The number of fused-ring (bicyclic) bond motifs is 2. The van der Waals surface area contributed by atoms with Gasteiger partial charge in [-0.2, -0.15) is 4.31 Å². The lowest BCUT2D eigenvalue weighted by Crippen LogP contribution is -2.34. The van der Waals surface area contributed by atoms with Crippen molar-refractivity contribution in [2.75, 3.05) is 43.9 Å². The Labute approximate surface area is 260 Å². The lowest BCUT2D eigenvalue weighted by molar-refractivity contribution is 0.404. The van der Waals surface area contributed by atoms with Crippen LogP contribution in [-0.2, 0) is 10.0 Å². The summed E-state index contributed by atoms with van der Waals surface area (Å²) in [5, 5.41) is 9.21. The quantitative estimate of drug-likeness (QED) is 0.138. The van der Waals surface area contributed by atoms with E-state index in [9.17, 15) is 8.42 Å². The average Bonchev–Trinajstić information content (AvgIpc) is 3.00. The van der Waals surface area contributed by atoms with Gasteiger partial charge in [0.1, 0.15) is 5.75 Å². The van der Waals surface area contributed by atoms with Crippen molar-refractivity contribution in [3.05, 3.63) is 95.3 Å². The molecule has 0 spiro atoms. The molecule has 0 unspecified atom stereocenters. The van der Waals surface area contributed by atoms with Gasteiger partial charge in [0.05, 0.1) is 23.0 Å². The minimum absolute atomic E-state index is 0.261. The van der Waals surface area contributed by atoms with E-state index in [1.165, 1.54) is 11.1 Å². The third kappa shape index (κ3) is 7.29. The molecule has 230 valence electrons. The second kappa shape index (κ2) is 13.6. The van der Waals surface area contributed by atoms with E-state index in [0.29, 0.717) is 44.8 Å². The second-order valence-corrected chi connectivity index (χ2v) is 13.2. The highest BCUT2D eigenvalue weighted by Gasteiger charge is 2.24. The summed E-state index contributed by atoms with van der Waals surface area (Å²) in [7, 11) is -2.14. The van der Waals surface area contributed by atoms with Gasteiger partial charge < -0.3 is 15.4 Å². The van der Waals surface area contributed by atoms with E-state index in [-0.39, 0.29) is 4.90 Å². The van der Waals surface area contributed by atoms with Crippen LogP contribution in [0.15, 0.2) is 77.7 Å². The molecule has 2 heterocycles. The zero-order chi connectivity index (χ0) is 31.3. The fourth-order valence-corrected chi connectivity index (χ4v) is 6.96. The number of methoxy groups -OCH3 is 1. The lowest BCUT2D eigenvalue weighted by Gasteiger charge is -2.23. The first-order valence-corrected chi connectivity index (χ1v) is 16.5. The van der Waals surface area contributed by atoms with E-state index in [4.69, 9.17) is 4.74 Å². The van der Waals surface area contributed by atoms with Gasteiger partial charge in [-0.15, -0.1) is 0 Å². The summed E-state index contributed by atoms with van der Waals surface area (Å²) in [4.78, 5) is 9.57. The zero-order valence-electron chi connectivity index (χ0n) is 26.1. The number of nitrogens with zero attached hydrogens (tertiary/aromatic N) is 3. The Kier molecular flexibility index (Phi) is 9.66. The summed E-state index contributed by atoms with van der Waals surface area (Å²) in [5.74, 6) is 0.620. The molecule has 0 saturated heterocycles.